The molecule has 0 fully saturated rings. The molecule has 5 amide bonds. The molecule has 0 saturated carbocycles. The van der Waals surface area contributed by atoms with Gasteiger partial charge in [0.05, 0.1) is 38.5 Å². The number of amides is 5. The fourth-order valence-electron chi connectivity index (χ4n) is 6.07. The first-order valence-corrected chi connectivity index (χ1v) is 18.7. The van der Waals surface area contributed by atoms with Gasteiger partial charge in [0.25, 0.3) is 0 Å². The van der Waals surface area contributed by atoms with Crippen molar-refractivity contribution in [2.24, 2.45) is 10.8 Å². The van der Waals surface area contributed by atoms with E-state index in [4.69, 9.17) is 4.74 Å². The highest BCUT2D eigenvalue weighted by Crippen LogP contribution is 2.29. The summed E-state index contributed by atoms with van der Waals surface area (Å²) < 4.78 is 5.97. The molecule has 3 aromatic rings. The summed E-state index contributed by atoms with van der Waals surface area (Å²) >= 11 is 0. The Balaban J connectivity index is 1.12. The Morgan fingerprint density at radius 1 is 0.696 bits per heavy atom. The Bertz CT molecular complexity index is 1890. The molecule has 0 bridgehead atoms. The quantitative estimate of drug-likeness (QED) is 0.121. The molecule has 4 rings (SSSR count). The zero-order valence-electron chi connectivity index (χ0n) is 32.6. The molecule has 1 atom stereocenters. The molecule has 0 spiro atoms. The van der Waals surface area contributed by atoms with Crippen molar-refractivity contribution in [3.63, 3.8) is 0 Å². The zero-order valence-corrected chi connectivity index (χ0v) is 32.6. The number of carboxylic acid groups (broad SMARTS) is 1. The van der Waals surface area contributed by atoms with Crippen molar-refractivity contribution in [2.75, 3.05) is 37.7 Å². The fourth-order valence-corrected chi connectivity index (χ4v) is 6.07. The predicted molar refractivity (Wildman–Crippen MR) is 214 cm³/mol. The minimum absolute atomic E-state index is 0.0409. The van der Waals surface area contributed by atoms with Gasteiger partial charge in [-0.05, 0) is 33.7 Å². The minimum Gasteiger partial charge on any atom is -0.480 e. The standard InChI is InChI=1S/C43H53N5O8/c1-42(2,23-37(50)44-24-38(51)45-25-39(52)47-34(41(54)55)22-30-12-6-5-7-13-30)28-56-29-43(3,4)27-46-36(49)20-21-40(53)48-26-33-16-9-8-14-31(33)18-19-32-15-10-11-17-35(32)48/h5-19,34H,20-29H2,1-4H3,(H,44,50)(H,45,51)(H,46,49)(H,47,52)(H,54,55)/b19-18-/t34-/m0/s1. The molecule has 1 aliphatic heterocycles. The molecule has 1 heterocycles. The average Bonchev–Trinajstić information content (AvgIpc) is 3.15. The maximum Gasteiger partial charge on any atom is 0.326 e. The van der Waals surface area contributed by atoms with Crippen LogP contribution in [0, 0.1) is 10.8 Å². The lowest BCUT2D eigenvalue weighted by molar-refractivity contribution is -0.141. The monoisotopic (exact) mass is 767 g/mol. The fraction of sp³-hybridized carbons (Fsp3) is 0.395. The van der Waals surface area contributed by atoms with Gasteiger partial charge in [0, 0.05) is 37.6 Å². The molecule has 56 heavy (non-hydrogen) atoms. The number of rotatable bonds is 19. The van der Waals surface area contributed by atoms with Crippen molar-refractivity contribution in [1.29, 1.82) is 0 Å². The first-order chi connectivity index (χ1) is 26.6. The highest BCUT2D eigenvalue weighted by molar-refractivity contribution is 5.98. The number of hydrogen-bond donors (Lipinski definition) is 5. The van der Waals surface area contributed by atoms with Crippen LogP contribution in [0.5, 0.6) is 0 Å². The van der Waals surface area contributed by atoms with Gasteiger partial charge < -0.3 is 36.0 Å². The smallest absolute Gasteiger partial charge is 0.326 e. The molecule has 1 aliphatic rings. The van der Waals surface area contributed by atoms with Crippen LogP contribution in [0.15, 0.2) is 78.9 Å². The maximum absolute atomic E-state index is 13.5. The predicted octanol–water partition coefficient (Wildman–Crippen LogP) is 4.10. The number of anilines is 1. The van der Waals surface area contributed by atoms with Gasteiger partial charge in [-0.1, -0.05) is 113 Å². The molecule has 0 aromatic heterocycles. The third kappa shape index (κ3) is 14.1. The maximum atomic E-state index is 13.5. The van der Waals surface area contributed by atoms with E-state index >= 15 is 0 Å². The number of nitrogens with one attached hydrogen (secondary N) is 4. The molecule has 0 radical (unpaired) electrons. The van der Waals surface area contributed by atoms with Crippen LogP contribution in [0.2, 0.25) is 0 Å². The molecule has 0 saturated heterocycles. The number of carbonyl (C=O) groups is 6. The average molecular weight is 768 g/mol. The van der Waals surface area contributed by atoms with Crippen LogP contribution in [-0.2, 0) is 46.5 Å². The van der Waals surface area contributed by atoms with Crippen LogP contribution in [-0.4, -0.2) is 79.5 Å². The number of fused-ring (bicyclic) bond motifs is 2. The summed E-state index contributed by atoms with van der Waals surface area (Å²) in [6.45, 7) is 8.08. The van der Waals surface area contributed by atoms with Gasteiger partial charge in [-0.2, -0.15) is 0 Å². The Morgan fingerprint density at radius 3 is 2.04 bits per heavy atom. The Morgan fingerprint density at radius 2 is 1.30 bits per heavy atom. The normalized spacial score (nSPS) is 13.5. The second-order valence-electron chi connectivity index (χ2n) is 15.5. The van der Waals surface area contributed by atoms with Gasteiger partial charge in [-0.3, -0.25) is 24.0 Å². The molecule has 13 heteroatoms. The van der Waals surface area contributed by atoms with Crippen molar-refractivity contribution >= 4 is 53.3 Å². The number of carboxylic acids is 1. The number of nitrogens with zero attached hydrogens (tertiary/aromatic N) is 1. The van der Waals surface area contributed by atoms with E-state index in [1.807, 2.05) is 82.3 Å². The van der Waals surface area contributed by atoms with Crippen molar-refractivity contribution in [2.45, 2.75) is 66.0 Å². The van der Waals surface area contributed by atoms with Gasteiger partial charge in [0.1, 0.15) is 6.04 Å². The number of ether oxygens (including phenoxy) is 1. The molecule has 13 nitrogen and oxygen atoms in total. The Labute approximate surface area is 328 Å². The number of para-hydroxylation sites is 1. The second kappa shape index (κ2) is 20.2. The summed E-state index contributed by atoms with van der Waals surface area (Å²) in [4.78, 5) is 76.9. The molecule has 0 aliphatic carbocycles. The lowest BCUT2D eigenvalue weighted by atomic mass is 9.89. The zero-order chi connectivity index (χ0) is 40.7. The number of carbonyl (C=O) groups excluding carboxylic acids is 5. The van der Waals surface area contributed by atoms with E-state index in [0.29, 0.717) is 19.7 Å². The van der Waals surface area contributed by atoms with E-state index in [-0.39, 0.29) is 56.6 Å². The van der Waals surface area contributed by atoms with E-state index in [1.165, 1.54) is 0 Å². The van der Waals surface area contributed by atoms with Gasteiger partial charge in [0.15, 0.2) is 0 Å². The second-order valence-corrected chi connectivity index (χ2v) is 15.5. The highest BCUT2D eigenvalue weighted by Gasteiger charge is 2.27. The van der Waals surface area contributed by atoms with Gasteiger partial charge >= 0.3 is 5.97 Å². The van der Waals surface area contributed by atoms with Gasteiger partial charge in [-0.25, -0.2) is 4.79 Å². The SMILES string of the molecule is CC(C)(CNC(=O)CCC(=O)N1Cc2ccccc2/C=C\c2ccccc21)COCC(C)(C)CC(=O)NCC(=O)NCC(=O)N[C@@H](Cc1ccccc1)C(=O)O. The topological polar surface area (TPSA) is 183 Å². The number of hydrogen-bond acceptors (Lipinski definition) is 7. The van der Waals surface area contributed by atoms with E-state index in [0.717, 1.165) is 27.9 Å². The van der Waals surface area contributed by atoms with E-state index in [2.05, 4.69) is 27.3 Å². The first-order valence-electron chi connectivity index (χ1n) is 18.7. The molecule has 3 aromatic carbocycles. The summed E-state index contributed by atoms with van der Waals surface area (Å²) in [5.41, 5.74) is 3.53. The number of benzene rings is 3. The van der Waals surface area contributed by atoms with Gasteiger partial charge in [0.2, 0.25) is 29.5 Å². The van der Waals surface area contributed by atoms with Crippen molar-refractivity contribution in [3.8, 4) is 0 Å². The highest BCUT2D eigenvalue weighted by atomic mass is 16.5. The van der Waals surface area contributed by atoms with Gasteiger partial charge in [-0.15, -0.1) is 0 Å². The van der Waals surface area contributed by atoms with Crippen LogP contribution in [0.3, 0.4) is 0 Å². The Hall–Kier alpha value is -5.82. The van der Waals surface area contributed by atoms with Crippen LogP contribution in [0.1, 0.15) is 69.2 Å². The summed E-state index contributed by atoms with van der Waals surface area (Å²) in [6.07, 6.45) is 4.31. The Kier molecular flexibility index (Phi) is 15.5. The van der Waals surface area contributed by atoms with Crippen molar-refractivity contribution < 1.29 is 38.6 Å². The van der Waals surface area contributed by atoms with Crippen molar-refractivity contribution in [3.05, 3.63) is 101 Å². The van der Waals surface area contributed by atoms with Crippen LogP contribution >= 0.6 is 0 Å². The summed E-state index contributed by atoms with van der Waals surface area (Å²) in [5.74, 6) is -3.22. The lowest BCUT2D eigenvalue weighted by Gasteiger charge is -2.29. The summed E-state index contributed by atoms with van der Waals surface area (Å²) in [6, 6.07) is 23.4. The molecular weight excluding hydrogens is 714 g/mol. The van der Waals surface area contributed by atoms with Crippen molar-refractivity contribution in [1.82, 2.24) is 21.3 Å². The summed E-state index contributed by atoms with van der Waals surface area (Å²) in [7, 11) is 0. The largest absolute Gasteiger partial charge is 0.480 e. The van der Waals surface area contributed by atoms with E-state index < -0.39 is 41.2 Å². The third-order valence-electron chi connectivity index (χ3n) is 9.12. The van der Waals surface area contributed by atoms with Crippen LogP contribution in [0.25, 0.3) is 12.2 Å². The number of aliphatic carboxylic acids is 1. The molecule has 298 valence electrons. The van der Waals surface area contributed by atoms with Crippen LogP contribution in [0.4, 0.5) is 5.69 Å². The minimum atomic E-state index is -1.20. The molecular formula is C43H53N5O8. The third-order valence-corrected chi connectivity index (χ3v) is 9.12. The molecule has 5 N–H and O–H groups in total. The van der Waals surface area contributed by atoms with E-state index in [9.17, 15) is 33.9 Å². The van der Waals surface area contributed by atoms with E-state index in [1.54, 1.807) is 35.2 Å². The summed E-state index contributed by atoms with van der Waals surface area (Å²) in [5, 5.41) is 19.7. The lowest BCUT2D eigenvalue weighted by Crippen LogP contribution is -2.48. The first kappa shape index (κ1) is 42.9. The van der Waals surface area contributed by atoms with Crippen LogP contribution < -0.4 is 26.2 Å². The molecule has 0 unspecified atom stereocenters.